The molecule has 1 N–H and O–H groups in total. The van der Waals surface area contributed by atoms with Crippen LogP contribution in [0.1, 0.15) is 53.6 Å². The van der Waals surface area contributed by atoms with Crippen molar-refractivity contribution in [1.29, 1.82) is 0 Å². The lowest BCUT2D eigenvalue weighted by molar-refractivity contribution is -0.121. The van der Waals surface area contributed by atoms with Crippen LogP contribution < -0.4 is 5.32 Å². The highest BCUT2D eigenvalue weighted by Gasteiger charge is 2.39. The molecule has 2 aliphatic heterocycles. The Bertz CT molecular complexity index is 1360. The van der Waals surface area contributed by atoms with Crippen LogP contribution in [-0.2, 0) is 16.0 Å². The number of rotatable bonds is 6. The van der Waals surface area contributed by atoms with Gasteiger partial charge in [0.2, 0.25) is 5.91 Å². The third kappa shape index (κ3) is 5.67. The van der Waals surface area contributed by atoms with Crippen LogP contribution in [0.2, 0.25) is 0 Å². The average Bonchev–Trinajstić information content (AvgIpc) is 3.48. The van der Waals surface area contributed by atoms with Crippen molar-refractivity contribution in [1.82, 2.24) is 5.01 Å². The van der Waals surface area contributed by atoms with E-state index in [0.29, 0.717) is 11.6 Å². The number of carbonyl (C=O) groups excluding carboxylic acids is 2. The second kappa shape index (κ2) is 10.7. The number of amides is 2. The first-order chi connectivity index (χ1) is 17.9. The molecule has 0 saturated heterocycles. The van der Waals surface area contributed by atoms with Crippen molar-refractivity contribution in [3.63, 3.8) is 0 Å². The van der Waals surface area contributed by atoms with Gasteiger partial charge < -0.3 is 5.32 Å². The van der Waals surface area contributed by atoms with Crippen LogP contribution in [0.5, 0.6) is 0 Å². The number of carbonyl (C=O) groups is 2. The van der Waals surface area contributed by atoms with Crippen LogP contribution in [0, 0.1) is 13.8 Å². The van der Waals surface area contributed by atoms with Crippen LogP contribution in [-0.4, -0.2) is 33.0 Å². The number of anilines is 1. The molecule has 0 fully saturated rings. The minimum atomic E-state index is -0.569. The van der Waals surface area contributed by atoms with Crippen molar-refractivity contribution in [3.05, 3.63) is 101 Å². The van der Waals surface area contributed by atoms with E-state index in [-0.39, 0.29) is 24.3 Å². The second-order valence-corrected chi connectivity index (χ2v) is 10.7. The molecule has 2 heterocycles. The van der Waals surface area contributed by atoms with Gasteiger partial charge in [0.05, 0.1) is 11.8 Å². The van der Waals surface area contributed by atoms with Gasteiger partial charge in [-0.1, -0.05) is 79.3 Å². The van der Waals surface area contributed by atoms with Gasteiger partial charge in [0.25, 0.3) is 5.91 Å². The third-order valence-corrected chi connectivity index (χ3v) is 7.73. The zero-order chi connectivity index (χ0) is 25.9. The fourth-order valence-corrected chi connectivity index (χ4v) is 5.82. The SMILES string of the molecule is CCc1ccc(C2CC(c3ccccc3)=NN2C2=NC(=O)C(CC(=O)Nc3cc(C)cc(C)c3)S2)cc1. The van der Waals surface area contributed by atoms with Crippen molar-refractivity contribution < 1.29 is 9.59 Å². The number of hydrogen-bond acceptors (Lipinski definition) is 5. The molecule has 6 nitrogen and oxygen atoms in total. The van der Waals surface area contributed by atoms with Crippen LogP contribution in [0.15, 0.2) is 82.9 Å². The molecule has 7 heteroatoms. The highest BCUT2D eigenvalue weighted by Crippen LogP contribution is 2.38. The smallest absolute Gasteiger partial charge is 0.262 e. The largest absolute Gasteiger partial charge is 0.326 e. The lowest BCUT2D eigenvalue weighted by atomic mass is 9.97. The number of thioether (sulfide) groups is 1. The van der Waals surface area contributed by atoms with Gasteiger partial charge in [-0.05, 0) is 60.2 Å². The van der Waals surface area contributed by atoms with Gasteiger partial charge >= 0.3 is 0 Å². The molecule has 37 heavy (non-hydrogen) atoms. The number of aliphatic imine (C=N–C) groups is 1. The predicted molar refractivity (Wildman–Crippen MR) is 151 cm³/mol. The molecule has 3 aromatic rings. The molecule has 188 valence electrons. The molecular weight excluding hydrogens is 480 g/mol. The van der Waals surface area contributed by atoms with Crippen molar-refractivity contribution in [2.24, 2.45) is 10.1 Å². The molecule has 0 spiro atoms. The quantitative estimate of drug-likeness (QED) is 0.439. The summed E-state index contributed by atoms with van der Waals surface area (Å²) < 4.78 is 0. The van der Waals surface area contributed by atoms with Gasteiger partial charge in [0.15, 0.2) is 5.17 Å². The number of benzene rings is 3. The first-order valence-corrected chi connectivity index (χ1v) is 13.5. The summed E-state index contributed by atoms with van der Waals surface area (Å²) in [4.78, 5) is 30.0. The maximum atomic E-state index is 12.9. The van der Waals surface area contributed by atoms with E-state index in [4.69, 9.17) is 5.10 Å². The lowest BCUT2D eigenvalue weighted by Crippen LogP contribution is -2.25. The molecule has 2 aliphatic rings. The highest BCUT2D eigenvalue weighted by atomic mass is 32.2. The van der Waals surface area contributed by atoms with E-state index in [0.717, 1.165) is 40.1 Å². The molecule has 5 rings (SSSR count). The van der Waals surface area contributed by atoms with Crippen LogP contribution in [0.3, 0.4) is 0 Å². The van der Waals surface area contributed by atoms with E-state index in [1.807, 2.05) is 49.2 Å². The molecule has 0 aliphatic carbocycles. The van der Waals surface area contributed by atoms with Gasteiger partial charge in [-0.25, -0.2) is 5.01 Å². The Hall–Kier alpha value is -3.71. The highest BCUT2D eigenvalue weighted by molar-refractivity contribution is 8.15. The number of nitrogens with zero attached hydrogens (tertiary/aromatic N) is 3. The zero-order valence-electron chi connectivity index (χ0n) is 21.3. The Morgan fingerprint density at radius 2 is 1.73 bits per heavy atom. The molecule has 2 atom stereocenters. The number of hydrogen-bond donors (Lipinski definition) is 1. The Balaban J connectivity index is 1.34. The predicted octanol–water partition coefficient (Wildman–Crippen LogP) is 6.04. The van der Waals surface area contributed by atoms with E-state index >= 15 is 0 Å². The normalized spacial score (nSPS) is 19.1. The van der Waals surface area contributed by atoms with Crippen molar-refractivity contribution in [2.45, 2.75) is 51.3 Å². The van der Waals surface area contributed by atoms with Crippen LogP contribution in [0.4, 0.5) is 5.69 Å². The molecule has 0 bridgehead atoms. The number of aryl methyl sites for hydroxylation is 3. The van der Waals surface area contributed by atoms with Gasteiger partial charge in [0.1, 0.15) is 5.25 Å². The van der Waals surface area contributed by atoms with E-state index in [1.165, 1.54) is 17.3 Å². The van der Waals surface area contributed by atoms with E-state index in [9.17, 15) is 9.59 Å². The Kier molecular flexibility index (Phi) is 7.24. The topological polar surface area (TPSA) is 74.1 Å². The molecule has 0 aromatic heterocycles. The van der Waals surface area contributed by atoms with Crippen molar-refractivity contribution >= 4 is 40.1 Å². The number of amidine groups is 1. The van der Waals surface area contributed by atoms with Crippen molar-refractivity contribution in [2.75, 3.05) is 5.32 Å². The van der Waals surface area contributed by atoms with E-state index in [2.05, 4.69) is 59.7 Å². The summed E-state index contributed by atoms with van der Waals surface area (Å²) >= 11 is 1.32. The summed E-state index contributed by atoms with van der Waals surface area (Å²) in [6, 6.07) is 24.5. The Morgan fingerprint density at radius 1 is 1.03 bits per heavy atom. The fourth-order valence-electron chi connectivity index (χ4n) is 4.76. The Morgan fingerprint density at radius 3 is 2.41 bits per heavy atom. The van der Waals surface area contributed by atoms with E-state index in [1.54, 1.807) is 0 Å². The average molecular weight is 511 g/mol. The third-order valence-electron chi connectivity index (χ3n) is 6.59. The second-order valence-electron chi connectivity index (χ2n) is 9.54. The molecular formula is C30H30N4O2S. The first kappa shape index (κ1) is 25.0. The summed E-state index contributed by atoms with van der Waals surface area (Å²) in [5.74, 6) is -0.493. The molecule has 2 amide bonds. The maximum Gasteiger partial charge on any atom is 0.262 e. The summed E-state index contributed by atoms with van der Waals surface area (Å²) in [7, 11) is 0. The van der Waals surface area contributed by atoms with Gasteiger partial charge in [-0.3, -0.25) is 9.59 Å². The standard InChI is InChI=1S/C30H30N4O2S/c1-4-21-10-12-23(13-11-21)26-17-25(22-8-6-5-7-9-22)33-34(26)30-32-29(36)27(37-30)18-28(35)31-24-15-19(2)14-20(3)16-24/h5-16,26-27H,4,17-18H2,1-3H3,(H,31,35). The minimum Gasteiger partial charge on any atom is -0.326 e. The fraction of sp³-hybridized carbons (Fsp3) is 0.267. The summed E-state index contributed by atoms with van der Waals surface area (Å²) in [6.07, 6.45) is 1.74. The molecule has 2 unspecified atom stereocenters. The summed E-state index contributed by atoms with van der Waals surface area (Å²) in [6.45, 7) is 6.12. The molecule has 3 aromatic carbocycles. The monoisotopic (exact) mass is 510 g/mol. The summed E-state index contributed by atoms with van der Waals surface area (Å²) in [5.41, 5.74) is 7.30. The first-order valence-electron chi connectivity index (χ1n) is 12.6. The molecule has 0 saturated carbocycles. The zero-order valence-corrected chi connectivity index (χ0v) is 22.1. The number of nitrogens with one attached hydrogen (secondary N) is 1. The van der Waals surface area contributed by atoms with Gasteiger partial charge in [0, 0.05) is 18.5 Å². The van der Waals surface area contributed by atoms with E-state index < -0.39 is 5.25 Å². The van der Waals surface area contributed by atoms with Crippen LogP contribution >= 0.6 is 11.8 Å². The lowest BCUT2D eigenvalue weighted by Gasteiger charge is -2.23. The molecule has 0 radical (unpaired) electrons. The number of hydrazone groups is 1. The van der Waals surface area contributed by atoms with Crippen molar-refractivity contribution in [3.8, 4) is 0 Å². The Labute approximate surface area is 221 Å². The van der Waals surface area contributed by atoms with Gasteiger partial charge in [-0.15, -0.1) is 0 Å². The maximum absolute atomic E-state index is 12.9. The minimum absolute atomic E-state index is 0.0580. The van der Waals surface area contributed by atoms with Gasteiger partial charge in [-0.2, -0.15) is 10.1 Å². The van der Waals surface area contributed by atoms with Crippen LogP contribution in [0.25, 0.3) is 0 Å². The summed E-state index contributed by atoms with van der Waals surface area (Å²) in [5, 5.41) is 9.70.